The summed E-state index contributed by atoms with van der Waals surface area (Å²) in [5.41, 5.74) is 0.961. The lowest BCUT2D eigenvalue weighted by Crippen LogP contribution is -3.09. The van der Waals surface area contributed by atoms with E-state index in [0.717, 1.165) is 53.9 Å². The molecule has 8 fully saturated rings. The number of H-pyrrole nitrogens is 1. The molecule has 3 heterocycles. The van der Waals surface area contributed by atoms with Crippen molar-refractivity contribution in [1.82, 2.24) is 24.0 Å². The van der Waals surface area contributed by atoms with Gasteiger partial charge in [0.15, 0.2) is 0 Å². The molecule has 10 rings (SSSR count). The third kappa shape index (κ3) is 1.60. The summed E-state index contributed by atoms with van der Waals surface area (Å²) in [5, 5.41) is 10.5. The van der Waals surface area contributed by atoms with Crippen molar-refractivity contribution in [3.05, 3.63) is 18.6 Å². The van der Waals surface area contributed by atoms with Crippen molar-refractivity contribution in [2.45, 2.75) is 24.8 Å². The number of hydrogen-bond acceptors (Lipinski definition) is 6. The highest BCUT2D eigenvalue weighted by molar-refractivity contribution is 7.87. The second-order valence-electron chi connectivity index (χ2n) is 11.6. The van der Waals surface area contributed by atoms with Crippen molar-refractivity contribution < 1.29 is 8.42 Å². The van der Waals surface area contributed by atoms with Gasteiger partial charge in [-0.1, -0.05) is 0 Å². The van der Waals surface area contributed by atoms with Crippen molar-refractivity contribution in [3.8, 4) is 6.07 Å². The van der Waals surface area contributed by atoms with Gasteiger partial charge in [0, 0.05) is 32.4 Å². The van der Waals surface area contributed by atoms with Gasteiger partial charge in [-0.25, -0.2) is 14.7 Å². The summed E-state index contributed by atoms with van der Waals surface area (Å²) in [4.78, 5) is 14.1. The molecule has 10 heteroatoms. The van der Waals surface area contributed by atoms with Crippen LogP contribution in [0.5, 0.6) is 0 Å². The first kappa shape index (κ1) is 18.2. The maximum atomic E-state index is 13.3. The monoisotopic (exact) mass is 463 g/mol. The molecule has 0 radical (unpaired) electrons. The highest BCUT2D eigenvalue weighted by Crippen LogP contribution is 3.10. The number of nitrogens with one attached hydrogen (secondary N) is 2. The number of aromatic nitrogens is 3. The number of fused-ring (bicyclic) bond motifs is 1. The molecule has 0 aromatic carbocycles. The molecule has 7 aliphatic carbocycles. The van der Waals surface area contributed by atoms with E-state index in [-0.39, 0.29) is 11.0 Å². The third-order valence-corrected chi connectivity index (χ3v) is 12.9. The molecular weight excluding hydrogens is 438 g/mol. The van der Waals surface area contributed by atoms with E-state index in [1.807, 2.05) is 12.3 Å². The minimum Gasteiger partial charge on any atom is -0.353 e. The largest absolute Gasteiger partial charge is 0.353 e. The van der Waals surface area contributed by atoms with Gasteiger partial charge in [0.1, 0.15) is 17.8 Å². The Morgan fingerprint density at radius 2 is 1.91 bits per heavy atom. The minimum absolute atomic E-state index is 0.0783. The quantitative estimate of drug-likeness (QED) is 0.662. The molecule has 0 bridgehead atoms. The van der Waals surface area contributed by atoms with Crippen molar-refractivity contribution in [3.63, 3.8) is 0 Å². The first-order chi connectivity index (χ1) is 16.0. The van der Waals surface area contributed by atoms with Gasteiger partial charge in [-0.15, -0.1) is 0 Å². The summed E-state index contributed by atoms with van der Waals surface area (Å²) in [7, 11) is -3.52. The molecule has 2 aromatic heterocycles. The number of piperazine rings is 1. The summed E-state index contributed by atoms with van der Waals surface area (Å²) in [6.45, 7) is 2.30. The minimum atomic E-state index is -3.52. The number of anilines is 1. The van der Waals surface area contributed by atoms with E-state index in [1.54, 1.807) is 10.6 Å². The van der Waals surface area contributed by atoms with Crippen LogP contribution in [0.1, 0.15) is 19.3 Å². The number of nitriles is 1. The second kappa shape index (κ2) is 5.07. The van der Waals surface area contributed by atoms with Gasteiger partial charge >= 0.3 is 0 Å². The van der Waals surface area contributed by atoms with E-state index in [9.17, 15) is 13.7 Å². The molecule has 1 aliphatic heterocycles. The summed E-state index contributed by atoms with van der Waals surface area (Å²) < 4.78 is 31.4. The molecule has 0 atom stereocenters. The maximum Gasteiger partial charge on any atom is 0.280 e. The van der Waals surface area contributed by atoms with Crippen LogP contribution in [0.25, 0.3) is 11.0 Å². The average molecular weight is 464 g/mol. The zero-order valence-corrected chi connectivity index (χ0v) is 18.9. The van der Waals surface area contributed by atoms with E-state index in [1.165, 1.54) is 0 Å². The van der Waals surface area contributed by atoms with Gasteiger partial charge in [0.05, 0.1) is 22.4 Å². The topological polar surface area (TPSA) is 118 Å². The summed E-state index contributed by atoms with van der Waals surface area (Å²) in [6, 6.07) is 4.62. The van der Waals surface area contributed by atoms with Crippen molar-refractivity contribution in [2.24, 2.45) is 46.3 Å². The lowest BCUT2D eigenvalue weighted by molar-refractivity contribution is -0.642. The van der Waals surface area contributed by atoms with Crippen molar-refractivity contribution in [2.75, 3.05) is 31.1 Å². The summed E-state index contributed by atoms with van der Waals surface area (Å²) >= 11 is 0. The fourth-order valence-electron chi connectivity index (χ4n) is 10.1. The van der Waals surface area contributed by atoms with Gasteiger partial charge in [-0.2, -0.15) is 18.0 Å². The van der Waals surface area contributed by atoms with E-state index in [2.05, 4.69) is 30.6 Å². The molecule has 33 heavy (non-hydrogen) atoms. The maximum absolute atomic E-state index is 13.3. The normalized spacial score (nSPS) is 46.5. The molecule has 2 aromatic rings. The van der Waals surface area contributed by atoms with Crippen LogP contribution in [0.15, 0.2) is 18.6 Å². The molecular formula is C23H25N7O2S. The molecule has 1 spiro atoms. The van der Waals surface area contributed by atoms with Crippen LogP contribution in [0.3, 0.4) is 0 Å². The Labute approximate surface area is 191 Å². The third-order valence-electron chi connectivity index (χ3n) is 11.2. The summed E-state index contributed by atoms with van der Waals surface area (Å²) in [6.07, 6.45) is 6.17. The molecule has 170 valence electrons. The molecule has 1 saturated heterocycles. The van der Waals surface area contributed by atoms with Crippen LogP contribution < -0.4 is 9.62 Å². The lowest BCUT2D eigenvalue weighted by Gasteiger charge is -3.10. The van der Waals surface area contributed by atoms with E-state index in [4.69, 9.17) is 0 Å². The SMILES string of the molecule is N#CC12C3C4C1C1C2C3C41CCNS(=O)(=O)N1CCN(c2ncnc3[nH]ccc23)CC12CC2. The van der Waals surface area contributed by atoms with Crippen molar-refractivity contribution >= 4 is 27.1 Å². The molecule has 7 saturated carbocycles. The van der Waals surface area contributed by atoms with Crippen LogP contribution in [0, 0.1) is 57.7 Å². The number of aromatic amines is 1. The fraction of sp³-hybridized carbons (Fsp3) is 0.696. The Balaban J connectivity index is 0.894. The molecule has 0 amide bonds. The van der Waals surface area contributed by atoms with E-state index >= 15 is 0 Å². The number of rotatable bonds is 6. The van der Waals surface area contributed by atoms with Gasteiger partial charge in [-0.3, -0.25) is 0 Å². The van der Waals surface area contributed by atoms with Crippen LogP contribution >= 0.6 is 0 Å². The first-order valence-electron chi connectivity index (χ1n) is 12.2. The van der Waals surface area contributed by atoms with Gasteiger partial charge in [0.2, 0.25) is 0 Å². The van der Waals surface area contributed by atoms with Crippen LogP contribution in [0.2, 0.25) is 0 Å². The highest BCUT2D eigenvalue weighted by atomic mass is 32.2. The molecule has 9 nitrogen and oxygen atoms in total. The summed E-state index contributed by atoms with van der Waals surface area (Å²) in [5.74, 6) is 5.07. The van der Waals surface area contributed by atoms with Gasteiger partial charge in [-0.05, 0) is 66.3 Å². The second-order valence-corrected chi connectivity index (χ2v) is 13.3. The molecule has 2 N–H and O–H groups in total. The average Bonchev–Trinajstić information content (AvgIpc) is 3.39. The smallest absolute Gasteiger partial charge is 0.280 e. The first-order valence-corrected chi connectivity index (χ1v) is 13.7. The Kier molecular flexibility index (Phi) is 2.79. The predicted octanol–water partition coefficient (Wildman–Crippen LogP) is 1.10. The number of nitrogens with zero attached hydrogens (tertiary/aromatic N) is 5. The highest BCUT2D eigenvalue weighted by Gasteiger charge is 3.09. The van der Waals surface area contributed by atoms with Crippen LogP contribution in [-0.4, -0.2) is 59.4 Å². The Bertz CT molecular complexity index is 1350. The van der Waals surface area contributed by atoms with Gasteiger partial charge < -0.3 is 9.88 Å². The lowest BCUT2D eigenvalue weighted by atomic mass is 8.92. The fourth-order valence-corrected chi connectivity index (χ4v) is 11.7. The zero-order chi connectivity index (χ0) is 22.0. The zero-order valence-electron chi connectivity index (χ0n) is 18.1. The number of hydrogen-bond donors (Lipinski definition) is 2. The molecule has 0 unspecified atom stereocenters. The van der Waals surface area contributed by atoms with Crippen LogP contribution in [0.4, 0.5) is 5.82 Å². The molecule has 8 aliphatic rings. The van der Waals surface area contributed by atoms with Crippen LogP contribution in [-0.2, 0) is 10.2 Å². The Morgan fingerprint density at radius 1 is 1.15 bits per heavy atom. The van der Waals surface area contributed by atoms with E-state index in [0.29, 0.717) is 49.3 Å². The van der Waals surface area contributed by atoms with Crippen molar-refractivity contribution in [1.29, 1.82) is 5.26 Å². The van der Waals surface area contributed by atoms with Gasteiger partial charge in [0.25, 0.3) is 10.2 Å². The van der Waals surface area contributed by atoms with E-state index < -0.39 is 10.2 Å². The Morgan fingerprint density at radius 3 is 2.61 bits per heavy atom. The predicted molar refractivity (Wildman–Crippen MR) is 118 cm³/mol. The standard InChI is InChI=1S/C23H25N7O2S/c24-9-23-16-13-17(23)15-18(23)14(16)22(13,15)4-6-28-33(31,32)30-8-7-29(10-21(30)2-3-21)20-12-1-5-25-19(12)26-11-27-20/h1,5,11,13-18,28H,2-4,6-8,10H2,(H,25,26,27). The Hall–Kier alpha value is -2.22.